The van der Waals surface area contributed by atoms with Crippen LogP contribution in [0.25, 0.3) is 0 Å². The van der Waals surface area contributed by atoms with Crippen LogP contribution in [0.1, 0.15) is 36.8 Å². The van der Waals surface area contributed by atoms with Crippen molar-refractivity contribution in [1.82, 2.24) is 5.32 Å². The first-order valence-corrected chi connectivity index (χ1v) is 7.04. The normalized spacial score (nSPS) is 19.4. The molecule has 1 atom stereocenters. The molecule has 1 heterocycles. The van der Waals surface area contributed by atoms with Gasteiger partial charge in [0.25, 0.3) is 0 Å². The van der Waals surface area contributed by atoms with E-state index in [9.17, 15) is 13.2 Å². The third kappa shape index (κ3) is 4.80. The number of halogens is 3. The van der Waals surface area contributed by atoms with Crippen molar-refractivity contribution < 1.29 is 17.9 Å². The van der Waals surface area contributed by atoms with E-state index in [0.717, 1.165) is 56.5 Å². The standard InChI is InChI=1S/C15H20F3NO/c16-15(17,18)13-7-5-12(6-8-13)11-19-9-1-3-14-4-2-10-20-14/h5-8,14,19H,1-4,9-11H2. The first kappa shape index (κ1) is 15.3. The fourth-order valence-electron chi connectivity index (χ4n) is 2.37. The smallest absolute Gasteiger partial charge is 0.378 e. The molecular formula is C15H20F3NO. The highest BCUT2D eigenvalue weighted by molar-refractivity contribution is 5.24. The summed E-state index contributed by atoms with van der Waals surface area (Å²) in [5, 5.41) is 3.25. The van der Waals surface area contributed by atoms with Crippen LogP contribution in [0.3, 0.4) is 0 Å². The van der Waals surface area contributed by atoms with Gasteiger partial charge in [0.2, 0.25) is 0 Å². The lowest BCUT2D eigenvalue weighted by Gasteiger charge is -2.10. The minimum absolute atomic E-state index is 0.405. The molecule has 112 valence electrons. The Bertz CT molecular complexity index is 397. The van der Waals surface area contributed by atoms with Crippen LogP contribution in [0.15, 0.2) is 24.3 Å². The zero-order valence-corrected chi connectivity index (χ0v) is 11.4. The van der Waals surface area contributed by atoms with Crippen molar-refractivity contribution in [2.75, 3.05) is 13.2 Å². The van der Waals surface area contributed by atoms with Crippen molar-refractivity contribution in [1.29, 1.82) is 0 Å². The second-order valence-corrected chi connectivity index (χ2v) is 5.15. The summed E-state index contributed by atoms with van der Waals surface area (Å²) in [6, 6.07) is 5.30. The van der Waals surface area contributed by atoms with Gasteiger partial charge in [-0.1, -0.05) is 12.1 Å². The average molecular weight is 287 g/mol. The van der Waals surface area contributed by atoms with E-state index in [0.29, 0.717) is 12.6 Å². The zero-order chi connectivity index (χ0) is 14.4. The Labute approximate surface area is 117 Å². The Balaban J connectivity index is 1.64. The van der Waals surface area contributed by atoms with Gasteiger partial charge in [0, 0.05) is 13.2 Å². The minimum Gasteiger partial charge on any atom is -0.378 e. The number of rotatable bonds is 6. The molecule has 0 aromatic heterocycles. The molecule has 20 heavy (non-hydrogen) atoms. The zero-order valence-electron chi connectivity index (χ0n) is 11.4. The van der Waals surface area contributed by atoms with E-state index in [1.165, 1.54) is 12.1 Å². The Morgan fingerprint density at radius 3 is 2.55 bits per heavy atom. The molecule has 1 N–H and O–H groups in total. The topological polar surface area (TPSA) is 21.3 Å². The van der Waals surface area contributed by atoms with Gasteiger partial charge >= 0.3 is 6.18 Å². The molecule has 1 saturated heterocycles. The lowest BCUT2D eigenvalue weighted by molar-refractivity contribution is -0.137. The summed E-state index contributed by atoms with van der Waals surface area (Å²) >= 11 is 0. The molecule has 2 rings (SSSR count). The Morgan fingerprint density at radius 1 is 1.20 bits per heavy atom. The molecule has 1 unspecified atom stereocenters. The Hall–Kier alpha value is -1.07. The van der Waals surface area contributed by atoms with E-state index in [1.807, 2.05) is 0 Å². The maximum atomic E-state index is 12.4. The number of ether oxygens (including phenoxy) is 1. The van der Waals surface area contributed by atoms with Crippen LogP contribution in [0.2, 0.25) is 0 Å². The third-order valence-corrected chi connectivity index (χ3v) is 3.51. The Morgan fingerprint density at radius 2 is 1.95 bits per heavy atom. The number of hydrogen-bond donors (Lipinski definition) is 1. The van der Waals surface area contributed by atoms with Crippen LogP contribution in [0.5, 0.6) is 0 Å². The van der Waals surface area contributed by atoms with Crippen molar-refractivity contribution in [3.05, 3.63) is 35.4 Å². The van der Waals surface area contributed by atoms with E-state index in [4.69, 9.17) is 4.74 Å². The van der Waals surface area contributed by atoms with Crippen LogP contribution < -0.4 is 5.32 Å². The summed E-state index contributed by atoms with van der Waals surface area (Å²) in [7, 11) is 0. The predicted octanol–water partition coefficient (Wildman–Crippen LogP) is 3.75. The molecule has 0 radical (unpaired) electrons. The summed E-state index contributed by atoms with van der Waals surface area (Å²) < 4.78 is 42.7. The number of hydrogen-bond acceptors (Lipinski definition) is 2. The van der Waals surface area contributed by atoms with Gasteiger partial charge in [0.05, 0.1) is 11.7 Å². The number of benzene rings is 1. The van der Waals surface area contributed by atoms with Crippen LogP contribution in [0.4, 0.5) is 13.2 Å². The van der Waals surface area contributed by atoms with Crippen molar-refractivity contribution in [2.24, 2.45) is 0 Å². The maximum absolute atomic E-state index is 12.4. The van der Waals surface area contributed by atoms with Crippen LogP contribution >= 0.6 is 0 Å². The van der Waals surface area contributed by atoms with Crippen molar-refractivity contribution in [3.63, 3.8) is 0 Å². The SMILES string of the molecule is FC(F)(F)c1ccc(CNCCCC2CCCO2)cc1. The van der Waals surface area contributed by atoms with Crippen molar-refractivity contribution in [2.45, 2.75) is 44.5 Å². The quantitative estimate of drug-likeness (QED) is 0.804. The predicted molar refractivity (Wildman–Crippen MR) is 71.4 cm³/mol. The molecule has 1 fully saturated rings. The van der Waals surface area contributed by atoms with Gasteiger partial charge in [-0.15, -0.1) is 0 Å². The lowest BCUT2D eigenvalue weighted by atomic mass is 10.1. The van der Waals surface area contributed by atoms with Crippen LogP contribution in [0, 0.1) is 0 Å². The highest BCUT2D eigenvalue weighted by atomic mass is 19.4. The van der Waals surface area contributed by atoms with Gasteiger partial charge in [-0.3, -0.25) is 0 Å². The largest absolute Gasteiger partial charge is 0.416 e. The lowest BCUT2D eigenvalue weighted by Crippen LogP contribution is -2.17. The van der Waals surface area contributed by atoms with E-state index in [-0.39, 0.29) is 0 Å². The second kappa shape index (κ2) is 7.09. The van der Waals surface area contributed by atoms with Gasteiger partial charge in [-0.2, -0.15) is 13.2 Å². The Kier molecular flexibility index (Phi) is 5.43. The molecular weight excluding hydrogens is 267 g/mol. The third-order valence-electron chi connectivity index (χ3n) is 3.51. The van der Waals surface area contributed by atoms with E-state index >= 15 is 0 Å². The van der Waals surface area contributed by atoms with Crippen LogP contribution in [-0.4, -0.2) is 19.3 Å². The molecule has 1 aliphatic heterocycles. The second-order valence-electron chi connectivity index (χ2n) is 5.15. The van der Waals surface area contributed by atoms with Gasteiger partial charge < -0.3 is 10.1 Å². The fourth-order valence-corrected chi connectivity index (χ4v) is 2.37. The maximum Gasteiger partial charge on any atom is 0.416 e. The van der Waals surface area contributed by atoms with Crippen molar-refractivity contribution >= 4 is 0 Å². The van der Waals surface area contributed by atoms with E-state index in [2.05, 4.69) is 5.32 Å². The summed E-state index contributed by atoms with van der Waals surface area (Å²) in [5.41, 5.74) is 0.273. The van der Waals surface area contributed by atoms with Gasteiger partial charge in [-0.05, 0) is 49.9 Å². The first-order valence-electron chi connectivity index (χ1n) is 7.04. The molecule has 0 spiro atoms. The summed E-state index contributed by atoms with van der Waals surface area (Å²) in [6.45, 7) is 2.34. The highest BCUT2D eigenvalue weighted by Gasteiger charge is 2.29. The molecule has 1 aliphatic rings. The number of alkyl halides is 3. The average Bonchev–Trinajstić information content (AvgIpc) is 2.91. The van der Waals surface area contributed by atoms with Gasteiger partial charge in [0.1, 0.15) is 0 Å². The first-order chi connectivity index (χ1) is 9.55. The fraction of sp³-hybridized carbons (Fsp3) is 0.600. The van der Waals surface area contributed by atoms with E-state index in [1.54, 1.807) is 0 Å². The molecule has 0 saturated carbocycles. The van der Waals surface area contributed by atoms with Crippen molar-refractivity contribution in [3.8, 4) is 0 Å². The van der Waals surface area contributed by atoms with Crippen LogP contribution in [-0.2, 0) is 17.5 Å². The van der Waals surface area contributed by atoms with Gasteiger partial charge in [-0.25, -0.2) is 0 Å². The monoisotopic (exact) mass is 287 g/mol. The molecule has 5 heteroatoms. The van der Waals surface area contributed by atoms with E-state index < -0.39 is 11.7 Å². The molecule has 1 aromatic carbocycles. The molecule has 0 amide bonds. The summed E-state index contributed by atoms with van der Waals surface area (Å²) in [6.07, 6.45) is 0.545. The number of nitrogens with one attached hydrogen (secondary N) is 1. The summed E-state index contributed by atoms with van der Waals surface area (Å²) in [5.74, 6) is 0. The molecule has 0 bridgehead atoms. The minimum atomic E-state index is -4.26. The van der Waals surface area contributed by atoms with Gasteiger partial charge in [0.15, 0.2) is 0 Å². The molecule has 0 aliphatic carbocycles. The summed E-state index contributed by atoms with van der Waals surface area (Å²) in [4.78, 5) is 0. The molecule has 1 aromatic rings. The molecule has 2 nitrogen and oxygen atoms in total. The highest BCUT2D eigenvalue weighted by Crippen LogP contribution is 2.29.